The summed E-state index contributed by atoms with van der Waals surface area (Å²) in [6, 6.07) is 19.9. The van der Waals surface area contributed by atoms with E-state index in [-0.39, 0.29) is 40.5 Å². The van der Waals surface area contributed by atoms with Gasteiger partial charge in [0.15, 0.2) is 23.2 Å². The van der Waals surface area contributed by atoms with Crippen molar-refractivity contribution in [3.63, 3.8) is 0 Å². The number of ketones is 2. The van der Waals surface area contributed by atoms with Crippen LogP contribution in [0.15, 0.2) is 66.7 Å². The lowest BCUT2D eigenvalue weighted by molar-refractivity contribution is -0.356. The van der Waals surface area contributed by atoms with Crippen LogP contribution < -0.4 is 10.3 Å². The van der Waals surface area contributed by atoms with Crippen LogP contribution in [0.5, 0.6) is 5.75 Å². The van der Waals surface area contributed by atoms with Crippen LogP contribution in [0.1, 0.15) is 90.6 Å². The minimum Gasteiger partial charge on any atom is -0.507 e. The summed E-state index contributed by atoms with van der Waals surface area (Å²) in [5.41, 5.74) is 4.39. The van der Waals surface area contributed by atoms with Gasteiger partial charge in [-0.15, -0.1) is 0 Å². The summed E-state index contributed by atoms with van der Waals surface area (Å²) in [5.74, 6) is -1.33. The Morgan fingerprint density at radius 1 is 0.825 bits per heavy atom. The van der Waals surface area contributed by atoms with E-state index in [1.807, 2.05) is 71.9 Å². The molecule has 0 spiro atoms. The normalized spacial score (nSPS) is 14.1. The number of rotatable bonds is 4. The Morgan fingerprint density at radius 2 is 1.40 bits per heavy atom. The molecule has 0 aliphatic heterocycles. The summed E-state index contributed by atoms with van der Waals surface area (Å²) in [5, 5.41) is 14.9. The maximum Gasteiger partial charge on any atom is 0.234 e. The molecule has 0 saturated heterocycles. The molecule has 1 amide bonds. The van der Waals surface area contributed by atoms with Crippen LogP contribution in [0, 0.1) is 0 Å². The van der Waals surface area contributed by atoms with E-state index in [2.05, 4.69) is 10.3 Å². The predicted octanol–water partition coefficient (Wildman–Crippen LogP) is 6.30. The molecule has 0 radical (unpaired) electrons. The van der Waals surface area contributed by atoms with Gasteiger partial charge in [0.1, 0.15) is 11.4 Å². The third-order valence-electron chi connectivity index (χ3n) is 7.53. The summed E-state index contributed by atoms with van der Waals surface area (Å²) < 4.78 is 0. The molecule has 1 aliphatic carbocycles. The minimum atomic E-state index is -0.936. The van der Waals surface area contributed by atoms with E-state index < -0.39 is 5.92 Å². The first-order chi connectivity index (χ1) is 18.8. The van der Waals surface area contributed by atoms with Crippen molar-refractivity contribution in [2.45, 2.75) is 64.7 Å². The zero-order valence-electron chi connectivity index (χ0n) is 23.8. The zero-order chi connectivity index (χ0) is 29.0. The van der Waals surface area contributed by atoms with Gasteiger partial charge in [-0.05, 0) is 45.7 Å². The number of hydrogen-bond donors (Lipinski definition) is 2. The van der Waals surface area contributed by atoms with Crippen molar-refractivity contribution in [3.05, 3.63) is 100 Å². The maximum atomic E-state index is 13.3. The van der Waals surface area contributed by atoms with Gasteiger partial charge in [-0.25, -0.2) is 4.98 Å². The number of carbonyl (C=O) groups is 3. The molecule has 0 unspecified atom stereocenters. The second-order valence-electron chi connectivity index (χ2n) is 12.7. The number of benzene rings is 3. The molecule has 0 saturated carbocycles. The van der Waals surface area contributed by atoms with Gasteiger partial charge in [0.2, 0.25) is 11.4 Å². The van der Waals surface area contributed by atoms with E-state index in [4.69, 9.17) is 0 Å². The van der Waals surface area contributed by atoms with Crippen molar-refractivity contribution >= 4 is 34.1 Å². The van der Waals surface area contributed by atoms with E-state index in [0.29, 0.717) is 28.0 Å². The van der Waals surface area contributed by atoms with Gasteiger partial charge in [-0.1, -0.05) is 84.0 Å². The summed E-state index contributed by atoms with van der Waals surface area (Å²) in [4.78, 5) is 42.8. The van der Waals surface area contributed by atoms with E-state index >= 15 is 0 Å². The van der Waals surface area contributed by atoms with Crippen molar-refractivity contribution in [2.24, 2.45) is 0 Å². The van der Waals surface area contributed by atoms with Gasteiger partial charge in [-0.2, -0.15) is 0 Å². The number of nitrogens with one attached hydrogen (secondary N) is 2. The van der Waals surface area contributed by atoms with E-state index in [1.54, 1.807) is 36.4 Å². The molecule has 1 heterocycles. The highest BCUT2D eigenvalue weighted by Crippen LogP contribution is 2.40. The number of para-hydroxylation sites is 1. The molecule has 40 heavy (non-hydrogen) atoms. The summed E-state index contributed by atoms with van der Waals surface area (Å²) in [7, 11) is 0. The number of carbonyl (C=O) groups excluding carboxylic acids is 3. The third kappa shape index (κ3) is 4.90. The van der Waals surface area contributed by atoms with E-state index in [0.717, 1.165) is 22.1 Å². The van der Waals surface area contributed by atoms with Gasteiger partial charge in [0.25, 0.3) is 0 Å². The average Bonchev–Trinajstić information content (AvgIpc) is 3.13. The Morgan fingerprint density at radius 3 is 1.95 bits per heavy atom. The fourth-order valence-electron chi connectivity index (χ4n) is 5.43. The molecule has 6 heteroatoms. The van der Waals surface area contributed by atoms with Crippen LogP contribution in [0.2, 0.25) is 0 Å². The zero-order valence-corrected chi connectivity index (χ0v) is 23.8. The molecule has 5 rings (SSSR count). The quantitative estimate of drug-likeness (QED) is 0.300. The van der Waals surface area contributed by atoms with Crippen molar-refractivity contribution in [2.75, 3.05) is 5.32 Å². The second kappa shape index (κ2) is 9.70. The fourth-order valence-corrected chi connectivity index (χ4v) is 5.43. The number of aromatic nitrogens is 1. The maximum absolute atomic E-state index is 13.3. The van der Waals surface area contributed by atoms with Crippen LogP contribution >= 0.6 is 0 Å². The Hall–Kier alpha value is -4.32. The number of fused-ring (bicyclic) bond motifs is 2. The van der Waals surface area contributed by atoms with E-state index in [9.17, 15) is 19.5 Å². The Labute approximate surface area is 234 Å². The average molecular weight is 536 g/mol. The highest BCUT2D eigenvalue weighted by Gasteiger charge is 2.43. The van der Waals surface area contributed by atoms with Gasteiger partial charge < -0.3 is 10.4 Å². The number of anilines is 1. The molecular formula is C34H35N2O4+. The lowest BCUT2D eigenvalue weighted by Crippen LogP contribution is -2.25. The smallest absolute Gasteiger partial charge is 0.234 e. The number of aromatic amines is 1. The number of aromatic hydroxyl groups is 1. The molecule has 204 valence electrons. The predicted molar refractivity (Wildman–Crippen MR) is 156 cm³/mol. The number of pyridine rings is 1. The van der Waals surface area contributed by atoms with Crippen LogP contribution in [0.4, 0.5) is 5.69 Å². The summed E-state index contributed by atoms with van der Waals surface area (Å²) in [6.45, 7) is 12.3. The summed E-state index contributed by atoms with van der Waals surface area (Å²) >= 11 is 0. The molecule has 1 aromatic heterocycles. The largest absolute Gasteiger partial charge is 0.507 e. The molecule has 0 bridgehead atoms. The first kappa shape index (κ1) is 27.3. The van der Waals surface area contributed by atoms with Gasteiger partial charge in [0.05, 0.1) is 6.42 Å². The lowest BCUT2D eigenvalue weighted by Gasteiger charge is -2.28. The van der Waals surface area contributed by atoms with Gasteiger partial charge >= 0.3 is 0 Å². The SMILES string of the molecule is CC(C)(C)c1cc(CC(=O)Nc2cccc3ccc(C4C(=O)c5ccccc5C4=O)[nH+]c23)cc(C(C)(C)C)c1O. The van der Waals surface area contributed by atoms with Crippen molar-refractivity contribution < 1.29 is 24.5 Å². The number of phenols is 1. The lowest BCUT2D eigenvalue weighted by atomic mass is 9.78. The van der Waals surface area contributed by atoms with Crippen molar-refractivity contribution in [1.29, 1.82) is 0 Å². The van der Waals surface area contributed by atoms with Crippen LogP contribution in [0.3, 0.4) is 0 Å². The highest BCUT2D eigenvalue weighted by molar-refractivity contribution is 6.29. The van der Waals surface area contributed by atoms with Crippen LogP contribution in [0.25, 0.3) is 10.9 Å². The second-order valence-corrected chi connectivity index (χ2v) is 12.7. The highest BCUT2D eigenvalue weighted by atomic mass is 16.3. The first-order valence-electron chi connectivity index (χ1n) is 13.5. The molecule has 3 N–H and O–H groups in total. The Bertz CT molecular complexity index is 1620. The number of H-pyrrole nitrogens is 1. The third-order valence-corrected chi connectivity index (χ3v) is 7.53. The van der Waals surface area contributed by atoms with Crippen molar-refractivity contribution in [1.82, 2.24) is 0 Å². The van der Waals surface area contributed by atoms with Crippen molar-refractivity contribution in [3.8, 4) is 5.75 Å². The molecule has 3 aromatic carbocycles. The molecule has 6 nitrogen and oxygen atoms in total. The monoisotopic (exact) mass is 535 g/mol. The molecule has 1 aliphatic rings. The fraction of sp³-hybridized carbons (Fsp3) is 0.294. The number of phenolic OH excluding ortho intramolecular Hbond substituents is 1. The minimum absolute atomic E-state index is 0.122. The van der Waals surface area contributed by atoms with Crippen LogP contribution in [-0.4, -0.2) is 22.6 Å². The summed E-state index contributed by atoms with van der Waals surface area (Å²) in [6.07, 6.45) is 0.122. The molecule has 0 fully saturated rings. The van der Waals surface area contributed by atoms with Gasteiger partial charge in [0, 0.05) is 22.6 Å². The number of amides is 1. The topological polar surface area (TPSA) is 97.6 Å². The molecular weight excluding hydrogens is 500 g/mol. The first-order valence-corrected chi connectivity index (χ1v) is 13.5. The number of hydrogen-bond acceptors (Lipinski definition) is 4. The molecule has 0 atom stereocenters. The van der Waals surface area contributed by atoms with Crippen LogP contribution in [-0.2, 0) is 22.0 Å². The Balaban J connectivity index is 1.46. The van der Waals surface area contributed by atoms with Gasteiger partial charge in [-0.3, -0.25) is 14.4 Å². The number of Topliss-reactive ketones (excluding diaryl/α,β-unsaturated/α-hetero) is 2. The standard InChI is InChI=1S/C34H34N2O4/c1-33(2,3)23-16-19(17-24(32(23)40)34(4,5)6)18-27(37)35-26-13-9-10-20-14-15-25(36-29(20)26)28-30(38)21-11-7-8-12-22(21)31(28)39/h7-17,28,40H,18H2,1-6H3,(H,35,37)/p+1. The molecule has 4 aromatic rings. The Kier molecular flexibility index (Phi) is 6.61. The van der Waals surface area contributed by atoms with E-state index in [1.165, 1.54) is 0 Å².